The third-order valence-electron chi connectivity index (χ3n) is 1.59. The van der Waals surface area contributed by atoms with Gasteiger partial charge >= 0.3 is 0 Å². The van der Waals surface area contributed by atoms with Gasteiger partial charge in [0.25, 0.3) is 0 Å². The number of hydrogen-bond donors (Lipinski definition) is 1. The lowest BCUT2D eigenvalue weighted by Gasteiger charge is -1.98. The molecule has 0 spiro atoms. The molecular weight excluding hydrogens is 168 g/mol. The smallest absolute Gasteiger partial charge is 0.199 e. The van der Waals surface area contributed by atoms with E-state index in [0.717, 1.165) is 0 Å². The number of rotatable bonds is 1. The number of aromatic nitrogens is 5. The Morgan fingerprint density at radius 3 is 2.85 bits per heavy atom. The van der Waals surface area contributed by atoms with Crippen molar-refractivity contribution in [2.45, 2.75) is 0 Å². The van der Waals surface area contributed by atoms with Crippen molar-refractivity contribution in [3.8, 4) is 11.6 Å². The molecule has 0 unspecified atom stereocenters. The highest BCUT2D eigenvalue weighted by Crippen LogP contribution is 2.09. The minimum atomic E-state index is 0.424. The molecule has 2 rings (SSSR count). The second-order valence-electron chi connectivity index (χ2n) is 2.51. The van der Waals surface area contributed by atoms with Gasteiger partial charge in [-0.05, 0) is 6.07 Å². The predicted octanol–water partition coefficient (Wildman–Crippen LogP) is -0.146. The second-order valence-corrected chi connectivity index (χ2v) is 2.51. The Kier molecular flexibility index (Phi) is 1.66. The molecule has 0 saturated carbocycles. The number of nitrogen functional groups attached to an aromatic ring is 1. The third-order valence-corrected chi connectivity index (χ3v) is 1.59. The van der Waals surface area contributed by atoms with Gasteiger partial charge in [0.05, 0.1) is 0 Å². The van der Waals surface area contributed by atoms with Crippen LogP contribution in [0.4, 0.5) is 5.82 Å². The van der Waals surface area contributed by atoms with E-state index in [0.29, 0.717) is 17.5 Å². The molecule has 0 aliphatic carbocycles. The lowest BCUT2D eigenvalue weighted by molar-refractivity contribution is 0.768. The van der Waals surface area contributed by atoms with Crippen LogP contribution in [0.25, 0.3) is 11.6 Å². The third kappa shape index (κ3) is 1.33. The van der Waals surface area contributed by atoms with Crippen molar-refractivity contribution in [1.29, 1.82) is 0 Å². The van der Waals surface area contributed by atoms with Gasteiger partial charge in [0, 0.05) is 13.2 Å². The molecule has 66 valence electrons. The molecule has 6 nitrogen and oxygen atoms in total. The Morgan fingerprint density at radius 2 is 2.23 bits per heavy atom. The van der Waals surface area contributed by atoms with Crippen molar-refractivity contribution in [1.82, 2.24) is 24.7 Å². The van der Waals surface area contributed by atoms with E-state index in [2.05, 4.69) is 20.1 Å². The molecule has 0 radical (unpaired) electrons. The first-order chi connectivity index (χ1) is 6.27. The number of nitrogens with two attached hydrogens (primary N) is 1. The maximum absolute atomic E-state index is 5.51. The highest BCUT2D eigenvalue weighted by Gasteiger charge is 2.06. The van der Waals surface area contributed by atoms with Crippen molar-refractivity contribution in [2.24, 2.45) is 7.05 Å². The maximum atomic E-state index is 5.51. The second kappa shape index (κ2) is 2.81. The molecule has 0 aliphatic heterocycles. The molecule has 0 amide bonds. The van der Waals surface area contributed by atoms with Gasteiger partial charge in [0.1, 0.15) is 12.1 Å². The number of aryl methyl sites for hydroxylation is 1. The summed E-state index contributed by atoms with van der Waals surface area (Å²) in [4.78, 5) is 12.0. The van der Waals surface area contributed by atoms with Gasteiger partial charge in [-0.1, -0.05) is 0 Å². The summed E-state index contributed by atoms with van der Waals surface area (Å²) < 4.78 is 1.59. The summed E-state index contributed by atoms with van der Waals surface area (Å²) in [6.07, 6.45) is 3.04. The predicted molar refractivity (Wildman–Crippen MR) is 46.4 cm³/mol. The molecule has 0 aliphatic rings. The quantitative estimate of drug-likeness (QED) is 0.653. The van der Waals surface area contributed by atoms with E-state index in [-0.39, 0.29) is 0 Å². The van der Waals surface area contributed by atoms with Gasteiger partial charge in [-0.15, -0.1) is 0 Å². The van der Waals surface area contributed by atoms with Gasteiger partial charge in [-0.25, -0.2) is 19.6 Å². The summed E-state index contributed by atoms with van der Waals surface area (Å²) in [5.74, 6) is 1.51. The van der Waals surface area contributed by atoms with E-state index in [1.807, 2.05) is 0 Å². The van der Waals surface area contributed by atoms with Gasteiger partial charge in [-0.3, -0.25) is 0 Å². The molecule has 0 aromatic carbocycles. The van der Waals surface area contributed by atoms with Crippen molar-refractivity contribution < 1.29 is 0 Å². The van der Waals surface area contributed by atoms with Gasteiger partial charge in [0.15, 0.2) is 11.6 Å². The van der Waals surface area contributed by atoms with Crippen molar-refractivity contribution in [3.63, 3.8) is 0 Å². The fraction of sp³-hybridized carbons (Fsp3) is 0.143. The summed E-state index contributed by atoms with van der Waals surface area (Å²) >= 11 is 0. The molecule has 2 heterocycles. The molecule has 6 heteroatoms. The van der Waals surface area contributed by atoms with Crippen LogP contribution in [-0.2, 0) is 7.05 Å². The first kappa shape index (κ1) is 7.66. The van der Waals surface area contributed by atoms with Crippen LogP contribution >= 0.6 is 0 Å². The Hall–Kier alpha value is -1.98. The van der Waals surface area contributed by atoms with Crippen LogP contribution in [0, 0.1) is 0 Å². The molecule has 0 atom stereocenters. The Labute approximate surface area is 74.5 Å². The number of nitrogens with zero attached hydrogens (tertiary/aromatic N) is 5. The number of anilines is 1. The van der Waals surface area contributed by atoms with E-state index in [4.69, 9.17) is 5.73 Å². The highest BCUT2D eigenvalue weighted by atomic mass is 15.3. The fourth-order valence-corrected chi connectivity index (χ4v) is 0.979. The molecule has 2 N–H and O–H groups in total. The van der Waals surface area contributed by atoms with Crippen molar-refractivity contribution in [2.75, 3.05) is 5.73 Å². The van der Waals surface area contributed by atoms with E-state index < -0.39 is 0 Å². The van der Waals surface area contributed by atoms with Gasteiger partial charge in [0.2, 0.25) is 0 Å². The molecule has 0 bridgehead atoms. The first-order valence-corrected chi connectivity index (χ1v) is 3.70. The lowest BCUT2D eigenvalue weighted by atomic mass is 10.5. The van der Waals surface area contributed by atoms with Crippen LogP contribution in [-0.4, -0.2) is 24.7 Å². The highest BCUT2D eigenvalue weighted by molar-refractivity contribution is 5.45. The van der Waals surface area contributed by atoms with E-state index >= 15 is 0 Å². The van der Waals surface area contributed by atoms with Crippen molar-refractivity contribution in [3.05, 3.63) is 18.6 Å². The zero-order chi connectivity index (χ0) is 9.26. The van der Waals surface area contributed by atoms with Crippen LogP contribution in [0.5, 0.6) is 0 Å². The lowest BCUT2D eigenvalue weighted by Crippen LogP contribution is -2.00. The summed E-state index contributed by atoms with van der Waals surface area (Å²) in [6.45, 7) is 0. The molecule has 0 fully saturated rings. The molecule has 2 aromatic heterocycles. The molecule has 0 saturated heterocycles. The average Bonchev–Trinajstić information content (AvgIpc) is 2.51. The summed E-state index contributed by atoms with van der Waals surface area (Å²) in [5.41, 5.74) is 5.51. The van der Waals surface area contributed by atoms with Crippen molar-refractivity contribution >= 4 is 5.82 Å². The Bertz CT molecular complexity index is 420. The number of hydrogen-bond acceptors (Lipinski definition) is 5. The van der Waals surface area contributed by atoms with Crippen LogP contribution < -0.4 is 5.73 Å². The van der Waals surface area contributed by atoms with E-state index in [9.17, 15) is 0 Å². The monoisotopic (exact) mass is 176 g/mol. The topological polar surface area (TPSA) is 82.5 Å². The standard InChI is InChI=1S/C7H8N6/c1-13-7(10-4-11-13)6-9-3-2-5(8)12-6/h2-4H,1H3,(H2,8,9,12). The van der Waals surface area contributed by atoms with E-state index in [1.165, 1.54) is 6.33 Å². The van der Waals surface area contributed by atoms with Crippen LogP contribution in [0.2, 0.25) is 0 Å². The van der Waals surface area contributed by atoms with Gasteiger partial charge in [-0.2, -0.15) is 5.10 Å². The molecular formula is C7H8N6. The normalized spacial score (nSPS) is 10.2. The summed E-state index contributed by atoms with van der Waals surface area (Å²) in [7, 11) is 1.77. The largest absolute Gasteiger partial charge is 0.384 e. The summed E-state index contributed by atoms with van der Waals surface area (Å²) in [6, 6.07) is 1.62. The molecule has 13 heavy (non-hydrogen) atoms. The fourth-order valence-electron chi connectivity index (χ4n) is 0.979. The Morgan fingerprint density at radius 1 is 1.38 bits per heavy atom. The minimum absolute atomic E-state index is 0.424. The Balaban J connectivity index is 2.53. The minimum Gasteiger partial charge on any atom is -0.384 e. The maximum Gasteiger partial charge on any atom is 0.199 e. The zero-order valence-corrected chi connectivity index (χ0v) is 7.05. The SMILES string of the molecule is Cn1ncnc1-c1nccc(N)n1. The van der Waals surface area contributed by atoms with Crippen LogP contribution in [0.3, 0.4) is 0 Å². The van der Waals surface area contributed by atoms with E-state index in [1.54, 1.807) is 24.0 Å². The molecule has 2 aromatic rings. The van der Waals surface area contributed by atoms with Crippen LogP contribution in [0.15, 0.2) is 18.6 Å². The zero-order valence-electron chi connectivity index (χ0n) is 7.05. The first-order valence-electron chi connectivity index (χ1n) is 3.70. The summed E-state index contributed by atoms with van der Waals surface area (Å²) in [5, 5.41) is 3.91. The average molecular weight is 176 g/mol. The van der Waals surface area contributed by atoms with Gasteiger partial charge < -0.3 is 5.73 Å². The van der Waals surface area contributed by atoms with Crippen LogP contribution in [0.1, 0.15) is 0 Å².